The van der Waals surface area contributed by atoms with Crippen LogP contribution in [0.15, 0.2) is 16.7 Å². The molecule has 0 spiro atoms. The molecule has 1 aliphatic rings. The van der Waals surface area contributed by atoms with Gasteiger partial charge in [0.15, 0.2) is 5.76 Å². The maximum atomic E-state index is 12.2. The number of likely N-dealkylation sites (tertiary alicyclic amines) is 1. The summed E-state index contributed by atoms with van der Waals surface area (Å²) in [7, 11) is 1.37. The lowest BCUT2D eigenvalue weighted by atomic mass is 9.98. The molecule has 1 aromatic rings. The Morgan fingerprint density at radius 2 is 2.28 bits per heavy atom. The summed E-state index contributed by atoms with van der Waals surface area (Å²) in [5, 5.41) is 0. The van der Waals surface area contributed by atoms with Gasteiger partial charge in [0.2, 0.25) is 0 Å². The van der Waals surface area contributed by atoms with E-state index in [1.165, 1.54) is 13.4 Å². The zero-order valence-electron chi connectivity index (χ0n) is 10.6. The Bertz CT molecular complexity index is 452. The number of hydrogen-bond acceptors (Lipinski definition) is 4. The minimum Gasteiger partial charge on any atom is -0.469 e. The number of hydrogen-bond donors (Lipinski definition) is 0. The van der Waals surface area contributed by atoms with E-state index in [1.54, 1.807) is 11.0 Å². The zero-order chi connectivity index (χ0) is 13.1. The van der Waals surface area contributed by atoms with Crippen molar-refractivity contribution in [1.82, 2.24) is 4.90 Å². The maximum Gasteiger partial charge on any atom is 0.310 e. The number of rotatable bonds is 2. The van der Waals surface area contributed by atoms with Crippen molar-refractivity contribution in [1.29, 1.82) is 0 Å². The number of esters is 1. The summed E-state index contributed by atoms with van der Waals surface area (Å²) in [6, 6.07) is 1.76. The van der Waals surface area contributed by atoms with Crippen LogP contribution in [-0.4, -0.2) is 37.0 Å². The van der Waals surface area contributed by atoms with Gasteiger partial charge in [-0.25, -0.2) is 0 Å². The molecule has 1 amide bonds. The van der Waals surface area contributed by atoms with Gasteiger partial charge in [-0.2, -0.15) is 0 Å². The third kappa shape index (κ3) is 2.39. The van der Waals surface area contributed by atoms with Gasteiger partial charge < -0.3 is 14.1 Å². The molecule has 0 aliphatic carbocycles. The fourth-order valence-electron chi connectivity index (χ4n) is 2.26. The third-order valence-corrected chi connectivity index (χ3v) is 3.30. The van der Waals surface area contributed by atoms with Crippen LogP contribution in [-0.2, 0) is 9.53 Å². The van der Waals surface area contributed by atoms with Crippen molar-refractivity contribution in [2.45, 2.75) is 19.8 Å². The van der Waals surface area contributed by atoms with Crippen LogP contribution in [0.4, 0.5) is 0 Å². The minimum absolute atomic E-state index is 0.147. The van der Waals surface area contributed by atoms with Crippen LogP contribution < -0.4 is 0 Å². The van der Waals surface area contributed by atoms with Crippen molar-refractivity contribution in [2.24, 2.45) is 5.92 Å². The van der Waals surface area contributed by atoms with Crippen LogP contribution in [0.3, 0.4) is 0 Å². The van der Waals surface area contributed by atoms with Crippen LogP contribution in [0.1, 0.15) is 29.0 Å². The maximum absolute atomic E-state index is 12.2. The highest BCUT2D eigenvalue weighted by Gasteiger charge is 2.30. The summed E-state index contributed by atoms with van der Waals surface area (Å²) >= 11 is 0. The number of piperidine rings is 1. The lowest BCUT2D eigenvalue weighted by Crippen LogP contribution is -2.42. The van der Waals surface area contributed by atoms with E-state index in [-0.39, 0.29) is 17.8 Å². The molecule has 18 heavy (non-hydrogen) atoms. The summed E-state index contributed by atoms with van der Waals surface area (Å²) in [5.41, 5.74) is 0.820. The van der Waals surface area contributed by atoms with Gasteiger partial charge >= 0.3 is 5.97 Å². The van der Waals surface area contributed by atoms with Gasteiger partial charge in [-0.3, -0.25) is 9.59 Å². The van der Waals surface area contributed by atoms with Crippen LogP contribution in [0.2, 0.25) is 0 Å². The molecule has 0 N–H and O–H groups in total. The predicted molar refractivity (Wildman–Crippen MR) is 64.1 cm³/mol. The van der Waals surface area contributed by atoms with Crippen molar-refractivity contribution in [3.8, 4) is 0 Å². The molecule has 0 saturated carbocycles. The van der Waals surface area contributed by atoms with E-state index in [0.29, 0.717) is 18.8 Å². The molecule has 5 nitrogen and oxygen atoms in total. The second-order valence-corrected chi connectivity index (χ2v) is 4.55. The Morgan fingerprint density at radius 1 is 1.50 bits per heavy atom. The molecule has 0 aromatic carbocycles. The van der Waals surface area contributed by atoms with Crippen molar-refractivity contribution in [3.63, 3.8) is 0 Å². The molecule has 1 aliphatic heterocycles. The number of carbonyl (C=O) groups excluding carboxylic acids is 2. The van der Waals surface area contributed by atoms with E-state index in [0.717, 1.165) is 18.4 Å². The standard InChI is InChI=1S/C13H17NO4/c1-9-5-7-18-11(9)12(15)14-6-3-4-10(8-14)13(16)17-2/h5,7,10H,3-4,6,8H2,1-2H3/t10-/m0/s1. The van der Waals surface area contributed by atoms with E-state index in [9.17, 15) is 9.59 Å². The minimum atomic E-state index is -0.247. The van der Waals surface area contributed by atoms with Gasteiger partial charge in [-0.15, -0.1) is 0 Å². The molecule has 98 valence electrons. The first kappa shape index (κ1) is 12.7. The van der Waals surface area contributed by atoms with Gasteiger partial charge in [0, 0.05) is 18.7 Å². The van der Waals surface area contributed by atoms with E-state index >= 15 is 0 Å². The number of ether oxygens (including phenoxy) is 1. The molecule has 0 bridgehead atoms. The molecule has 1 fully saturated rings. The second kappa shape index (κ2) is 5.25. The number of amides is 1. The first-order valence-electron chi connectivity index (χ1n) is 6.04. The molecular weight excluding hydrogens is 234 g/mol. The molecular formula is C13H17NO4. The Hall–Kier alpha value is -1.78. The largest absolute Gasteiger partial charge is 0.469 e. The number of aryl methyl sites for hydroxylation is 1. The second-order valence-electron chi connectivity index (χ2n) is 4.55. The Balaban J connectivity index is 2.07. The normalized spacial score (nSPS) is 19.7. The van der Waals surface area contributed by atoms with E-state index < -0.39 is 0 Å². The highest BCUT2D eigenvalue weighted by atomic mass is 16.5. The van der Waals surface area contributed by atoms with Gasteiger partial charge in [0.05, 0.1) is 19.3 Å². The molecule has 0 unspecified atom stereocenters. The molecule has 2 heterocycles. The van der Waals surface area contributed by atoms with Crippen LogP contribution in [0.5, 0.6) is 0 Å². The van der Waals surface area contributed by atoms with E-state index in [4.69, 9.17) is 9.15 Å². The number of carbonyl (C=O) groups is 2. The SMILES string of the molecule is COC(=O)[C@H]1CCCN(C(=O)c2occc2C)C1. The predicted octanol–water partition coefficient (Wildman–Crippen LogP) is 1.61. The zero-order valence-corrected chi connectivity index (χ0v) is 10.6. The molecule has 5 heteroatoms. The molecule has 1 aromatic heterocycles. The number of nitrogens with zero attached hydrogens (tertiary/aromatic N) is 1. The molecule has 2 rings (SSSR count). The Morgan fingerprint density at radius 3 is 2.89 bits per heavy atom. The monoisotopic (exact) mass is 251 g/mol. The van der Waals surface area contributed by atoms with Gasteiger partial charge in [0.1, 0.15) is 0 Å². The van der Waals surface area contributed by atoms with E-state index in [2.05, 4.69) is 0 Å². The highest BCUT2D eigenvalue weighted by molar-refractivity contribution is 5.93. The average molecular weight is 251 g/mol. The van der Waals surface area contributed by atoms with Crippen molar-refractivity contribution >= 4 is 11.9 Å². The van der Waals surface area contributed by atoms with Gasteiger partial charge in [-0.1, -0.05) is 0 Å². The quantitative estimate of drug-likeness (QED) is 0.749. The number of methoxy groups -OCH3 is 1. The van der Waals surface area contributed by atoms with Gasteiger partial charge in [-0.05, 0) is 25.8 Å². The third-order valence-electron chi connectivity index (χ3n) is 3.30. The summed E-state index contributed by atoms with van der Waals surface area (Å²) in [6.07, 6.45) is 3.09. The summed E-state index contributed by atoms with van der Waals surface area (Å²) in [4.78, 5) is 25.4. The van der Waals surface area contributed by atoms with Crippen molar-refractivity contribution in [3.05, 3.63) is 23.7 Å². The molecule has 0 radical (unpaired) electrons. The fraction of sp³-hybridized carbons (Fsp3) is 0.538. The smallest absolute Gasteiger partial charge is 0.310 e. The summed E-state index contributed by atoms with van der Waals surface area (Å²) < 4.78 is 9.93. The summed E-state index contributed by atoms with van der Waals surface area (Å²) in [6.45, 7) is 2.90. The first-order chi connectivity index (χ1) is 8.63. The molecule has 1 saturated heterocycles. The van der Waals surface area contributed by atoms with Crippen LogP contribution in [0, 0.1) is 12.8 Å². The lowest BCUT2D eigenvalue weighted by Gasteiger charge is -2.30. The average Bonchev–Trinajstić information content (AvgIpc) is 2.83. The topological polar surface area (TPSA) is 59.8 Å². The van der Waals surface area contributed by atoms with Gasteiger partial charge in [0.25, 0.3) is 5.91 Å². The van der Waals surface area contributed by atoms with Crippen molar-refractivity contribution in [2.75, 3.05) is 20.2 Å². The lowest BCUT2D eigenvalue weighted by molar-refractivity contribution is -0.146. The first-order valence-corrected chi connectivity index (χ1v) is 6.04. The van der Waals surface area contributed by atoms with E-state index in [1.807, 2.05) is 6.92 Å². The Labute approximate surface area is 106 Å². The van der Waals surface area contributed by atoms with Crippen molar-refractivity contribution < 1.29 is 18.7 Å². The summed E-state index contributed by atoms with van der Waals surface area (Å²) in [5.74, 6) is -0.252. The van der Waals surface area contributed by atoms with Crippen LogP contribution >= 0.6 is 0 Å². The fourth-order valence-corrected chi connectivity index (χ4v) is 2.26. The van der Waals surface area contributed by atoms with Crippen LogP contribution in [0.25, 0.3) is 0 Å². The molecule has 1 atom stereocenters. The highest BCUT2D eigenvalue weighted by Crippen LogP contribution is 2.21. The Kier molecular flexibility index (Phi) is 3.69. The number of furan rings is 1.